The minimum atomic E-state index is 0.354. The van der Waals surface area contributed by atoms with E-state index in [1.165, 1.54) is 0 Å². The van der Waals surface area contributed by atoms with Crippen molar-refractivity contribution in [3.63, 3.8) is 0 Å². The van der Waals surface area contributed by atoms with Gasteiger partial charge in [0.05, 0.1) is 5.69 Å². The third-order valence-corrected chi connectivity index (χ3v) is 2.78. The number of nitrogens with zero attached hydrogens (tertiary/aromatic N) is 2. The lowest BCUT2D eigenvalue weighted by atomic mass is 10.3. The molecule has 0 saturated carbocycles. The predicted molar refractivity (Wildman–Crippen MR) is 64.1 cm³/mol. The summed E-state index contributed by atoms with van der Waals surface area (Å²) in [7, 11) is 0. The fraction of sp³-hybridized carbons (Fsp3) is 0.417. The Morgan fingerprint density at radius 3 is 2.81 bits per heavy atom. The van der Waals surface area contributed by atoms with E-state index < -0.39 is 0 Å². The molecular weight excluding hydrogens is 202 g/mol. The topological polar surface area (TPSA) is 57.0 Å². The Labute approximate surface area is 95.1 Å². The molecule has 86 valence electrons. The second-order valence-corrected chi connectivity index (χ2v) is 4.08. The Kier molecular flexibility index (Phi) is 2.73. The summed E-state index contributed by atoms with van der Waals surface area (Å²) >= 11 is 0. The second-order valence-electron chi connectivity index (χ2n) is 4.08. The van der Waals surface area contributed by atoms with Crippen LogP contribution in [0.3, 0.4) is 0 Å². The van der Waals surface area contributed by atoms with Crippen LogP contribution in [0.4, 0.5) is 5.69 Å². The second kappa shape index (κ2) is 4.04. The molecule has 0 aromatic carbocycles. The zero-order valence-electron chi connectivity index (χ0n) is 9.90. The predicted octanol–water partition coefficient (Wildman–Crippen LogP) is 3.00. The van der Waals surface area contributed by atoms with Gasteiger partial charge in [-0.15, -0.1) is 0 Å². The van der Waals surface area contributed by atoms with Gasteiger partial charge in [-0.3, -0.25) is 4.68 Å². The van der Waals surface area contributed by atoms with Crippen molar-refractivity contribution in [1.82, 2.24) is 9.78 Å². The molecule has 4 heteroatoms. The third-order valence-electron chi connectivity index (χ3n) is 2.78. The molecule has 2 rings (SSSR count). The van der Waals surface area contributed by atoms with Crippen LogP contribution in [0.25, 0.3) is 11.5 Å². The molecule has 4 nitrogen and oxygen atoms in total. The van der Waals surface area contributed by atoms with Gasteiger partial charge < -0.3 is 10.2 Å². The van der Waals surface area contributed by atoms with Gasteiger partial charge in [0.15, 0.2) is 11.5 Å². The molecule has 2 aromatic heterocycles. The van der Waals surface area contributed by atoms with Gasteiger partial charge in [-0.2, -0.15) is 5.10 Å². The van der Waals surface area contributed by atoms with Crippen LogP contribution in [0.5, 0.6) is 0 Å². The van der Waals surface area contributed by atoms with E-state index in [0.29, 0.717) is 11.7 Å². The number of aromatic nitrogens is 2. The highest BCUT2D eigenvalue weighted by Gasteiger charge is 2.13. The molecule has 0 bridgehead atoms. The Bertz CT molecular complexity index is 484. The van der Waals surface area contributed by atoms with E-state index in [1.54, 1.807) is 0 Å². The Morgan fingerprint density at radius 2 is 2.25 bits per heavy atom. The normalized spacial score (nSPS) is 12.9. The number of hydrogen-bond acceptors (Lipinski definition) is 3. The van der Waals surface area contributed by atoms with Gasteiger partial charge in [0, 0.05) is 12.2 Å². The van der Waals surface area contributed by atoms with E-state index in [-0.39, 0.29) is 0 Å². The summed E-state index contributed by atoms with van der Waals surface area (Å²) in [5, 5.41) is 4.46. The van der Waals surface area contributed by atoms with Crippen molar-refractivity contribution in [3.05, 3.63) is 24.1 Å². The fourth-order valence-corrected chi connectivity index (χ4v) is 1.57. The van der Waals surface area contributed by atoms with Crippen molar-refractivity contribution in [1.29, 1.82) is 0 Å². The molecule has 16 heavy (non-hydrogen) atoms. The van der Waals surface area contributed by atoms with E-state index in [9.17, 15) is 0 Å². The van der Waals surface area contributed by atoms with Crippen LogP contribution in [0.2, 0.25) is 0 Å². The lowest BCUT2D eigenvalue weighted by molar-refractivity contribution is 0.476. The number of nitrogens with two attached hydrogens (primary N) is 1. The molecule has 1 unspecified atom stereocenters. The van der Waals surface area contributed by atoms with E-state index in [0.717, 1.165) is 23.6 Å². The van der Waals surface area contributed by atoms with Gasteiger partial charge in [0.1, 0.15) is 5.76 Å². The van der Waals surface area contributed by atoms with Crippen molar-refractivity contribution in [3.8, 4) is 11.5 Å². The number of nitrogen functional groups attached to an aromatic ring is 1. The molecule has 0 aliphatic rings. The first-order valence-electron chi connectivity index (χ1n) is 5.53. The van der Waals surface area contributed by atoms with Gasteiger partial charge in [0.25, 0.3) is 0 Å². The van der Waals surface area contributed by atoms with Crippen LogP contribution < -0.4 is 5.73 Å². The molecule has 0 aliphatic heterocycles. The van der Waals surface area contributed by atoms with Crippen LogP contribution in [-0.2, 0) is 0 Å². The minimum Gasteiger partial charge on any atom is -0.460 e. The first kappa shape index (κ1) is 10.8. The number of anilines is 1. The zero-order chi connectivity index (χ0) is 11.7. The maximum Gasteiger partial charge on any atom is 0.156 e. The summed E-state index contributed by atoms with van der Waals surface area (Å²) in [4.78, 5) is 0. The summed E-state index contributed by atoms with van der Waals surface area (Å²) in [6.07, 6.45) is 2.89. The number of rotatable bonds is 3. The molecule has 1 atom stereocenters. The Hall–Kier alpha value is -1.71. The number of hydrogen-bond donors (Lipinski definition) is 1. The molecule has 0 spiro atoms. The highest BCUT2D eigenvalue weighted by atomic mass is 16.3. The van der Waals surface area contributed by atoms with Gasteiger partial charge >= 0.3 is 0 Å². The van der Waals surface area contributed by atoms with Crippen LogP contribution in [0.15, 0.2) is 22.7 Å². The Morgan fingerprint density at radius 1 is 1.50 bits per heavy atom. The molecule has 0 amide bonds. The largest absolute Gasteiger partial charge is 0.460 e. The molecule has 0 saturated heterocycles. The summed E-state index contributed by atoms with van der Waals surface area (Å²) in [6, 6.07) is 4.17. The highest BCUT2D eigenvalue weighted by Crippen LogP contribution is 2.27. The quantitative estimate of drug-likeness (QED) is 0.863. The van der Waals surface area contributed by atoms with Gasteiger partial charge in [-0.25, -0.2) is 0 Å². The molecule has 2 N–H and O–H groups in total. The van der Waals surface area contributed by atoms with Crippen LogP contribution >= 0.6 is 0 Å². The number of furan rings is 1. The highest BCUT2D eigenvalue weighted by molar-refractivity contribution is 5.67. The fourth-order valence-electron chi connectivity index (χ4n) is 1.57. The van der Waals surface area contributed by atoms with Gasteiger partial charge in [-0.05, 0) is 32.4 Å². The van der Waals surface area contributed by atoms with E-state index >= 15 is 0 Å². The van der Waals surface area contributed by atoms with E-state index in [1.807, 2.05) is 29.9 Å². The molecule has 0 fully saturated rings. The molecule has 0 aliphatic carbocycles. The first-order valence-corrected chi connectivity index (χ1v) is 5.53. The van der Waals surface area contributed by atoms with Crippen LogP contribution in [0, 0.1) is 6.92 Å². The van der Waals surface area contributed by atoms with Gasteiger partial charge in [-0.1, -0.05) is 6.92 Å². The maximum atomic E-state index is 5.93. The number of aryl methyl sites for hydroxylation is 1. The zero-order valence-corrected chi connectivity index (χ0v) is 9.90. The summed E-state index contributed by atoms with van der Waals surface area (Å²) in [5.74, 6) is 1.60. The molecular formula is C12H17N3O. The minimum absolute atomic E-state index is 0.354. The average Bonchev–Trinajstić information content (AvgIpc) is 2.83. The summed E-state index contributed by atoms with van der Waals surface area (Å²) < 4.78 is 7.41. The first-order chi connectivity index (χ1) is 7.61. The Balaban J connectivity index is 2.39. The van der Waals surface area contributed by atoms with Crippen molar-refractivity contribution in [2.75, 3.05) is 5.73 Å². The average molecular weight is 219 g/mol. The van der Waals surface area contributed by atoms with Crippen LogP contribution in [-0.4, -0.2) is 9.78 Å². The standard InChI is InChI=1S/C12H17N3O/c1-4-8(2)15-7-10(13)12(14-15)11-6-5-9(3)16-11/h5-8H,4,13H2,1-3H3. The molecule has 0 radical (unpaired) electrons. The lowest BCUT2D eigenvalue weighted by Gasteiger charge is -2.07. The molecule has 2 aromatic rings. The monoisotopic (exact) mass is 219 g/mol. The van der Waals surface area contributed by atoms with Crippen molar-refractivity contribution >= 4 is 5.69 Å². The SMILES string of the molecule is CCC(C)n1cc(N)c(-c2ccc(C)o2)n1. The lowest BCUT2D eigenvalue weighted by Crippen LogP contribution is -2.03. The van der Waals surface area contributed by atoms with Crippen LogP contribution in [0.1, 0.15) is 32.1 Å². The smallest absolute Gasteiger partial charge is 0.156 e. The van der Waals surface area contributed by atoms with Gasteiger partial charge in [0.2, 0.25) is 0 Å². The van der Waals surface area contributed by atoms with Crippen molar-refractivity contribution in [2.45, 2.75) is 33.2 Å². The van der Waals surface area contributed by atoms with E-state index in [4.69, 9.17) is 10.2 Å². The summed E-state index contributed by atoms with van der Waals surface area (Å²) in [5.41, 5.74) is 7.32. The molecule has 2 heterocycles. The van der Waals surface area contributed by atoms with Crippen molar-refractivity contribution in [2.24, 2.45) is 0 Å². The van der Waals surface area contributed by atoms with E-state index in [2.05, 4.69) is 18.9 Å². The van der Waals surface area contributed by atoms with Crippen molar-refractivity contribution < 1.29 is 4.42 Å². The third kappa shape index (κ3) is 1.83. The summed E-state index contributed by atoms with van der Waals surface area (Å²) in [6.45, 7) is 6.15. The maximum absolute atomic E-state index is 5.93.